The molecule has 2 aromatic carbocycles. The van der Waals surface area contributed by atoms with E-state index in [-0.39, 0.29) is 16.3 Å². The van der Waals surface area contributed by atoms with E-state index in [4.69, 9.17) is 29.6 Å². The number of thiocarbonyl (C=S) groups is 1. The van der Waals surface area contributed by atoms with E-state index < -0.39 is 11.7 Å². The van der Waals surface area contributed by atoms with Crippen molar-refractivity contribution in [2.75, 3.05) is 5.32 Å². The third-order valence-electron chi connectivity index (χ3n) is 2.76. The number of hydrogen-bond donors (Lipinski definition) is 4. The minimum absolute atomic E-state index is 0.0770. The van der Waals surface area contributed by atoms with Gasteiger partial charge in [-0.1, -0.05) is 36.0 Å². The number of carbonyl (C=O) groups excluding carboxylic acids is 1. The van der Waals surface area contributed by atoms with Gasteiger partial charge in [-0.2, -0.15) is 0 Å². The number of phenols is 2. The lowest BCUT2D eigenvalue weighted by atomic mass is 10.1. The topological polar surface area (TPSA) is 95.6 Å². The van der Waals surface area contributed by atoms with Gasteiger partial charge in [-0.05, 0) is 24.3 Å². The molecule has 2 aromatic rings. The van der Waals surface area contributed by atoms with Crippen molar-refractivity contribution in [3.63, 3.8) is 0 Å². The molecule has 0 fully saturated rings. The number of hydrogen-bond acceptors (Lipinski definition) is 4. The van der Waals surface area contributed by atoms with Crippen molar-refractivity contribution in [1.29, 1.82) is 0 Å². The van der Waals surface area contributed by atoms with Crippen LogP contribution in [-0.4, -0.2) is 21.1 Å². The van der Waals surface area contributed by atoms with Crippen LogP contribution in [0.25, 0.3) is 0 Å². The predicted octanol–water partition coefficient (Wildman–Crippen LogP) is 2.64. The van der Waals surface area contributed by atoms with Crippen molar-refractivity contribution in [3.05, 3.63) is 52.5 Å². The molecule has 0 heterocycles. The van der Waals surface area contributed by atoms with Crippen LogP contribution in [-0.2, 0) is 0 Å². The molecule has 7 heteroatoms. The number of carbonyl (C=O) groups is 1. The van der Waals surface area contributed by atoms with Crippen LogP contribution >= 0.6 is 23.8 Å². The SMILES string of the molecule is NC(=S)c1ccc(Cl)c(NC(=O)c2cccc(O)c2O)c1. The molecule has 1 amide bonds. The Hall–Kier alpha value is -2.31. The minimum atomic E-state index is -0.620. The zero-order chi connectivity index (χ0) is 15.6. The van der Waals surface area contributed by atoms with Gasteiger partial charge in [-0.3, -0.25) is 4.79 Å². The quantitative estimate of drug-likeness (QED) is 0.514. The van der Waals surface area contributed by atoms with Gasteiger partial charge in [0, 0.05) is 5.56 Å². The number of rotatable bonds is 3. The Labute approximate surface area is 131 Å². The van der Waals surface area contributed by atoms with Gasteiger partial charge in [-0.25, -0.2) is 0 Å². The molecule has 108 valence electrons. The van der Waals surface area contributed by atoms with Crippen LogP contribution < -0.4 is 11.1 Å². The lowest BCUT2D eigenvalue weighted by molar-refractivity contribution is 0.102. The van der Waals surface area contributed by atoms with Crippen molar-refractivity contribution in [2.45, 2.75) is 0 Å². The Morgan fingerprint density at radius 3 is 2.62 bits per heavy atom. The summed E-state index contributed by atoms with van der Waals surface area (Å²) >= 11 is 10.9. The molecule has 0 radical (unpaired) electrons. The Kier molecular flexibility index (Phi) is 4.30. The van der Waals surface area contributed by atoms with Crippen molar-refractivity contribution < 1.29 is 15.0 Å². The molecule has 0 aliphatic heterocycles. The Morgan fingerprint density at radius 2 is 1.95 bits per heavy atom. The zero-order valence-corrected chi connectivity index (χ0v) is 12.2. The van der Waals surface area contributed by atoms with Crippen LogP contribution in [0.5, 0.6) is 11.5 Å². The Balaban J connectivity index is 2.33. The fourth-order valence-corrected chi connectivity index (χ4v) is 1.97. The van der Waals surface area contributed by atoms with E-state index in [1.165, 1.54) is 24.3 Å². The van der Waals surface area contributed by atoms with Gasteiger partial charge in [-0.15, -0.1) is 0 Å². The number of nitrogens with one attached hydrogen (secondary N) is 1. The highest BCUT2D eigenvalue weighted by molar-refractivity contribution is 7.80. The standard InChI is InChI=1S/C14H11ClN2O3S/c15-9-5-4-7(13(16)21)6-10(9)17-14(20)8-2-1-3-11(18)12(8)19/h1-6,18-19H,(H2,16,21)(H,17,20). The van der Waals surface area contributed by atoms with Gasteiger partial charge in [0.2, 0.25) is 0 Å². The summed E-state index contributed by atoms with van der Waals surface area (Å²) in [6.45, 7) is 0. The van der Waals surface area contributed by atoms with Gasteiger partial charge in [0.1, 0.15) is 4.99 Å². The smallest absolute Gasteiger partial charge is 0.259 e. The molecule has 0 aromatic heterocycles. The molecule has 5 nitrogen and oxygen atoms in total. The molecular formula is C14H11ClN2O3S. The number of nitrogens with two attached hydrogens (primary N) is 1. The third kappa shape index (κ3) is 3.24. The lowest BCUT2D eigenvalue weighted by Gasteiger charge is -2.10. The van der Waals surface area contributed by atoms with E-state index in [1.54, 1.807) is 12.1 Å². The van der Waals surface area contributed by atoms with E-state index >= 15 is 0 Å². The minimum Gasteiger partial charge on any atom is -0.504 e. The highest BCUT2D eigenvalue weighted by atomic mass is 35.5. The predicted molar refractivity (Wildman–Crippen MR) is 85.1 cm³/mol. The maximum Gasteiger partial charge on any atom is 0.259 e. The second-order valence-electron chi connectivity index (χ2n) is 4.19. The fourth-order valence-electron chi connectivity index (χ4n) is 1.68. The first-order valence-corrected chi connectivity index (χ1v) is 6.60. The van der Waals surface area contributed by atoms with Crippen LogP contribution in [0.15, 0.2) is 36.4 Å². The number of benzene rings is 2. The molecule has 5 N–H and O–H groups in total. The van der Waals surface area contributed by atoms with Gasteiger partial charge in [0.25, 0.3) is 5.91 Å². The second-order valence-corrected chi connectivity index (χ2v) is 5.03. The average molecular weight is 323 g/mol. The molecule has 2 rings (SSSR count). The summed E-state index contributed by atoms with van der Waals surface area (Å²) in [5.74, 6) is -1.51. The summed E-state index contributed by atoms with van der Waals surface area (Å²) in [7, 11) is 0. The zero-order valence-electron chi connectivity index (χ0n) is 10.6. The number of aromatic hydroxyl groups is 2. The summed E-state index contributed by atoms with van der Waals surface area (Å²) in [5, 5.41) is 21.9. The Bertz CT molecular complexity index is 734. The molecule has 0 atom stereocenters. The van der Waals surface area contributed by atoms with Gasteiger partial charge >= 0.3 is 0 Å². The van der Waals surface area contributed by atoms with E-state index in [2.05, 4.69) is 5.32 Å². The van der Waals surface area contributed by atoms with Gasteiger partial charge in [0.05, 0.1) is 16.3 Å². The lowest BCUT2D eigenvalue weighted by Crippen LogP contribution is -2.14. The van der Waals surface area contributed by atoms with Crippen molar-refractivity contribution in [1.82, 2.24) is 0 Å². The van der Waals surface area contributed by atoms with E-state index in [1.807, 2.05) is 0 Å². The molecule has 0 saturated heterocycles. The van der Waals surface area contributed by atoms with E-state index in [0.717, 1.165) is 0 Å². The number of amides is 1. The van der Waals surface area contributed by atoms with Crippen LogP contribution in [0.3, 0.4) is 0 Å². The first-order valence-electron chi connectivity index (χ1n) is 5.82. The maximum atomic E-state index is 12.1. The third-order valence-corrected chi connectivity index (χ3v) is 3.32. The van der Waals surface area contributed by atoms with Crippen molar-refractivity contribution in [3.8, 4) is 11.5 Å². The average Bonchev–Trinajstić information content (AvgIpc) is 2.43. The molecular weight excluding hydrogens is 312 g/mol. The fraction of sp³-hybridized carbons (Fsp3) is 0. The monoisotopic (exact) mass is 322 g/mol. The summed E-state index contributed by atoms with van der Waals surface area (Å²) in [6.07, 6.45) is 0. The van der Waals surface area contributed by atoms with Crippen molar-refractivity contribution >= 4 is 40.4 Å². The molecule has 0 spiro atoms. The summed E-state index contributed by atoms with van der Waals surface area (Å²) in [4.78, 5) is 12.3. The van der Waals surface area contributed by atoms with Crippen LogP contribution in [0.2, 0.25) is 5.02 Å². The maximum absolute atomic E-state index is 12.1. The van der Waals surface area contributed by atoms with E-state index in [0.29, 0.717) is 16.3 Å². The molecule has 21 heavy (non-hydrogen) atoms. The normalized spacial score (nSPS) is 10.1. The largest absolute Gasteiger partial charge is 0.504 e. The molecule has 0 saturated carbocycles. The molecule has 0 aliphatic rings. The van der Waals surface area contributed by atoms with Crippen molar-refractivity contribution in [2.24, 2.45) is 5.73 Å². The highest BCUT2D eigenvalue weighted by Crippen LogP contribution is 2.30. The van der Waals surface area contributed by atoms with Crippen LogP contribution in [0, 0.1) is 0 Å². The number of halogens is 1. The highest BCUT2D eigenvalue weighted by Gasteiger charge is 2.15. The first kappa shape index (κ1) is 15.1. The first-order chi connectivity index (χ1) is 9.90. The second kappa shape index (κ2) is 5.99. The number of para-hydroxylation sites is 1. The summed E-state index contributed by atoms with van der Waals surface area (Å²) < 4.78 is 0. The van der Waals surface area contributed by atoms with Gasteiger partial charge < -0.3 is 21.3 Å². The molecule has 0 bridgehead atoms. The number of phenolic OH excluding ortho intramolecular Hbond substituents is 2. The Morgan fingerprint density at radius 1 is 1.24 bits per heavy atom. The summed E-state index contributed by atoms with van der Waals surface area (Å²) in [5.41, 5.74) is 6.29. The van der Waals surface area contributed by atoms with Gasteiger partial charge in [0.15, 0.2) is 11.5 Å². The molecule has 0 unspecified atom stereocenters. The summed E-state index contributed by atoms with van der Waals surface area (Å²) in [6, 6.07) is 8.79. The number of anilines is 1. The molecule has 0 aliphatic carbocycles. The van der Waals surface area contributed by atoms with Crippen LogP contribution in [0.4, 0.5) is 5.69 Å². The van der Waals surface area contributed by atoms with E-state index in [9.17, 15) is 15.0 Å². The van der Waals surface area contributed by atoms with Crippen LogP contribution in [0.1, 0.15) is 15.9 Å².